The van der Waals surface area contributed by atoms with Crippen molar-refractivity contribution in [1.82, 2.24) is 14.8 Å². The zero-order valence-electron chi connectivity index (χ0n) is 13.5. The van der Waals surface area contributed by atoms with Crippen molar-refractivity contribution in [2.75, 3.05) is 59.7 Å². The van der Waals surface area contributed by atoms with Crippen LogP contribution in [-0.4, -0.2) is 74.4 Å². The first-order valence-corrected chi connectivity index (χ1v) is 8.20. The van der Waals surface area contributed by atoms with Crippen LogP contribution in [0, 0.1) is 5.41 Å². The van der Waals surface area contributed by atoms with Crippen molar-refractivity contribution < 1.29 is 9.47 Å². The third kappa shape index (κ3) is 4.04. The SMILES string of the molecule is COCCN1CC[C@]2(COCCN(Cc3cccnc3)C2)C1. The van der Waals surface area contributed by atoms with Crippen molar-refractivity contribution in [3.05, 3.63) is 30.1 Å². The molecule has 5 heteroatoms. The first-order chi connectivity index (χ1) is 10.8. The molecule has 0 unspecified atom stereocenters. The van der Waals surface area contributed by atoms with E-state index in [1.807, 2.05) is 18.5 Å². The van der Waals surface area contributed by atoms with Gasteiger partial charge in [0.15, 0.2) is 0 Å². The molecule has 1 aromatic rings. The van der Waals surface area contributed by atoms with Crippen molar-refractivity contribution in [1.29, 1.82) is 0 Å². The van der Waals surface area contributed by atoms with E-state index >= 15 is 0 Å². The molecule has 2 aliphatic heterocycles. The molecular formula is C17H27N3O2. The van der Waals surface area contributed by atoms with Gasteiger partial charge in [-0.15, -0.1) is 0 Å². The zero-order chi connectivity index (χ0) is 15.3. The average Bonchev–Trinajstić information content (AvgIpc) is 2.82. The number of ether oxygens (including phenoxy) is 2. The highest BCUT2D eigenvalue weighted by Gasteiger charge is 2.40. The van der Waals surface area contributed by atoms with Crippen molar-refractivity contribution in [3.8, 4) is 0 Å². The molecule has 122 valence electrons. The minimum Gasteiger partial charge on any atom is -0.383 e. The minimum absolute atomic E-state index is 0.284. The Morgan fingerprint density at radius 3 is 3.05 bits per heavy atom. The topological polar surface area (TPSA) is 37.8 Å². The molecule has 0 radical (unpaired) electrons. The molecule has 22 heavy (non-hydrogen) atoms. The Balaban J connectivity index is 1.60. The Kier molecular flexibility index (Phi) is 5.41. The van der Waals surface area contributed by atoms with Crippen LogP contribution < -0.4 is 0 Å². The Labute approximate surface area is 133 Å². The smallest absolute Gasteiger partial charge is 0.0593 e. The maximum atomic E-state index is 5.94. The van der Waals surface area contributed by atoms with Crippen LogP contribution >= 0.6 is 0 Å². The first kappa shape index (κ1) is 15.9. The van der Waals surface area contributed by atoms with Crippen LogP contribution in [-0.2, 0) is 16.0 Å². The van der Waals surface area contributed by atoms with Gasteiger partial charge in [-0.05, 0) is 24.6 Å². The summed E-state index contributed by atoms with van der Waals surface area (Å²) in [7, 11) is 1.77. The lowest BCUT2D eigenvalue weighted by Gasteiger charge is -2.32. The van der Waals surface area contributed by atoms with Gasteiger partial charge in [0.25, 0.3) is 0 Å². The summed E-state index contributed by atoms with van der Waals surface area (Å²) in [6, 6.07) is 4.17. The number of hydrogen-bond acceptors (Lipinski definition) is 5. The Morgan fingerprint density at radius 2 is 2.23 bits per heavy atom. The number of methoxy groups -OCH3 is 1. The second-order valence-corrected chi connectivity index (χ2v) is 6.64. The van der Waals surface area contributed by atoms with E-state index in [1.54, 1.807) is 7.11 Å². The monoisotopic (exact) mass is 305 g/mol. The normalized spacial score (nSPS) is 27.3. The Hall–Kier alpha value is -1.01. The summed E-state index contributed by atoms with van der Waals surface area (Å²) in [4.78, 5) is 9.27. The van der Waals surface area contributed by atoms with E-state index in [-0.39, 0.29) is 5.41 Å². The fourth-order valence-electron chi connectivity index (χ4n) is 3.65. The van der Waals surface area contributed by atoms with Crippen molar-refractivity contribution in [3.63, 3.8) is 0 Å². The highest BCUT2D eigenvalue weighted by Crippen LogP contribution is 2.33. The van der Waals surface area contributed by atoms with Gasteiger partial charge in [-0.1, -0.05) is 6.07 Å². The lowest BCUT2D eigenvalue weighted by Crippen LogP contribution is -2.40. The van der Waals surface area contributed by atoms with Gasteiger partial charge in [-0.3, -0.25) is 9.88 Å². The Morgan fingerprint density at radius 1 is 1.32 bits per heavy atom. The van der Waals surface area contributed by atoms with E-state index in [4.69, 9.17) is 9.47 Å². The van der Waals surface area contributed by atoms with Crippen molar-refractivity contribution in [2.45, 2.75) is 13.0 Å². The fraction of sp³-hybridized carbons (Fsp3) is 0.706. The molecule has 5 nitrogen and oxygen atoms in total. The number of hydrogen-bond donors (Lipinski definition) is 0. The average molecular weight is 305 g/mol. The van der Waals surface area contributed by atoms with E-state index in [0.29, 0.717) is 0 Å². The summed E-state index contributed by atoms with van der Waals surface area (Å²) in [6.45, 7) is 8.95. The molecular weight excluding hydrogens is 278 g/mol. The fourth-order valence-corrected chi connectivity index (χ4v) is 3.65. The number of likely N-dealkylation sites (tertiary alicyclic amines) is 1. The van der Waals surface area contributed by atoms with Crippen LogP contribution in [0.15, 0.2) is 24.5 Å². The summed E-state index contributed by atoms with van der Waals surface area (Å²) in [6.07, 6.45) is 5.03. The van der Waals surface area contributed by atoms with Crippen LogP contribution in [0.4, 0.5) is 0 Å². The van der Waals surface area contributed by atoms with E-state index in [1.165, 1.54) is 12.0 Å². The van der Waals surface area contributed by atoms with Gasteiger partial charge in [0.05, 0.1) is 19.8 Å². The quantitative estimate of drug-likeness (QED) is 0.818. The summed E-state index contributed by atoms with van der Waals surface area (Å²) < 4.78 is 11.2. The lowest BCUT2D eigenvalue weighted by atomic mass is 9.87. The molecule has 2 saturated heterocycles. The number of rotatable bonds is 5. The lowest BCUT2D eigenvalue weighted by molar-refractivity contribution is 0.0682. The van der Waals surface area contributed by atoms with Gasteiger partial charge in [0.2, 0.25) is 0 Å². The van der Waals surface area contributed by atoms with E-state index < -0.39 is 0 Å². The van der Waals surface area contributed by atoms with Crippen molar-refractivity contribution >= 4 is 0 Å². The largest absolute Gasteiger partial charge is 0.383 e. The first-order valence-electron chi connectivity index (χ1n) is 8.20. The summed E-state index contributed by atoms with van der Waals surface area (Å²) in [5.74, 6) is 0. The summed E-state index contributed by atoms with van der Waals surface area (Å²) in [5.41, 5.74) is 1.57. The van der Waals surface area contributed by atoms with E-state index in [2.05, 4.69) is 20.9 Å². The number of pyridine rings is 1. The third-order valence-electron chi connectivity index (χ3n) is 4.78. The maximum absolute atomic E-state index is 5.94. The van der Waals surface area contributed by atoms with Crippen LogP contribution in [0.1, 0.15) is 12.0 Å². The molecule has 0 N–H and O–H groups in total. The molecule has 3 rings (SSSR count). The van der Waals surface area contributed by atoms with Crippen LogP contribution in [0.5, 0.6) is 0 Å². The summed E-state index contributed by atoms with van der Waals surface area (Å²) >= 11 is 0. The third-order valence-corrected chi connectivity index (χ3v) is 4.78. The van der Waals surface area contributed by atoms with Crippen LogP contribution in [0.2, 0.25) is 0 Å². The van der Waals surface area contributed by atoms with Gasteiger partial charge >= 0.3 is 0 Å². The highest BCUT2D eigenvalue weighted by molar-refractivity contribution is 5.08. The molecule has 2 fully saturated rings. The number of nitrogens with zero attached hydrogens (tertiary/aromatic N) is 3. The van der Waals surface area contributed by atoms with Gasteiger partial charge < -0.3 is 14.4 Å². The molecule has 0 aliphatic carbocycles. The van der Waals surface area contributed by atoms with Crippen LogP contribution in [0.25, 0.3) is 0 Å². The van der Waals surface area contributed by atoms with Crippen LogP contribution in [0.3, 0.4) is 0 Å². The van der Waals surface area contributed by atoms with Gasteiger partial charge in [0.1, 0.15) is 0 Å². The standard InChI is InChI=1S/C17H27N3O2/c1-21-9-7-19-6-4-17(13-19)14-20(8-10-22-15-17)12-16-3-2-5-18-11-16/h2-3,5,11H,4,6-10,12-15H2,1H3/t17-/m0/s1. The minimum atomic E-state index is 0.284. The maximum Gasteiger partial charge on any atom is 0.0593 e. The molecule has 1 spiro atoms. The second kappa shape index (κ2) is 7.51. The second-order valence-electron chi connectivity index (χ2n) is 6.64. The van der Waals surface area contributed by atoms with Gasteiger partial charge in [-0.2, -0.15) is 0 Å². The molecule has 2 aliphatic rings. The predicted octanol–water partition coefficient (Wildman–Crippen LogP) is 1.25. The highest BCUT2D eigenvalue weighted by atomic mass is 16.5. The van der Waals surface area contributed by atoms with Gasteiger partial charge in [0, 0.05) is 57.6 Å². The molecule has 3 heterocycles. The molecule has 0 bridgehead atoms. The molecule has 0 amide bonds. The number of aromatic nitrogens is 1. The predicted molar refractivity (Wildman–Crippen MR) is 85.7 cm³/mol. The van der Waals surface area contributed by atoms with E-state index in [9.17, 15) is 0 Å². The molecule has 1 atom stereocenters. The van der Waals surface area contributed by atoms with Crippen molar-refractivity contribution in [2.24, 2.45) is 5.41 Å². The molecule has 0 saturated carbocycles. The summed E-state index contributed by atoms with van der Waals surface area (Å²) in [5, 5.41) is 0. The zero-order valence-corrected chi connectivity index (χ0v) is 13.5. The van der Waals surface area contributed by atoms with E-state index in [0.717, 1.165) is 59.1 Å². The van der Waals surface area contributed by atoms with Gasteiger partial charge in [-0.25, -0.2) is 0 Å². The Bertz CT molecular complexity index is 456. The molecule has 0 aromatic carbocycles. The molecule has 1 aromatic heterocycles.